The summed E-state index contributed by atoms with van der Waals surface area (Å²) in [6.45, 7) is 2.59. The zero-order chi connectivity index (χ0) is 23.4. The molecule has 2 fully saturated rings. The van der Waals surface area contributed by atoms with Gasteiger partial charge in [-0.15, -0.1) is 0 Å². The lowest BCUT2D eigenvalue weighted by atomic mass is 9.88. The van der Waals surface area contributed by atoms with Crippen LogP contribution in [0.3, 0.4) is 0 Å². The topological polar surface area (TPSA) is 117 Å². The molecule has 0 aromatic heterocycles. The molecule has 2 aromatic carbocycles. The van der Waals surface area contributed by atoms with E-state index in [2.05, 4.69) is 16.0 Å². The zero-order valence-corrected chi connectivity index (χ0v) is 19.1. The third-order valence-corrected chi connectivity index (χ3v) is 6.85. The van der Waals surface area contributed by atoms with Crippen LogP contribution in [0, 0.1) is 0 Å². The van der Waals surface area contributed by atoms with E-state index in [0.717, 1.165) is 22.9 Å². The first kappa shape index (κ1) is 23.3. The molecule has 3 unspecified atom stereocenters. The number of rotatable bonds is 8. The van der Waals surface area contributed by atoms with Crippen molar-refractivity contribution in [3.8, 4) is 5.75 Å². The second kappa shape index (κ2) is 9.94. The van der Waals surface area contributed by atoms with Crippen LogP contribution in [-0.4, -0.2) is 52.3 Å². The van der Waals surface area contributed by atoms with Gasteiger partial charge in [0.15, 0.2) is 0 Å². The van der Waals surface area contributed by atoms with Gasteiger partial charge in [-0.05, 0) is 49.6 Å². The lowest BCUT2D eigenvalue weighted by molar-refractivity contribution is -0.144. The average molecular weight is 470 g/mol. The lowest BCUT2D eigenvalue weighted by Gasteiger charge is -2.30. The number of carbonyl (C=O) groups is 3. The van der Waals surface area contributed by atoms with Crippen LogP contribution >= 0.6 is 11.8 Å². The first-order chi connectivity index (χ1) is 15.8. The molecule has 2 saturated heterocycles. The summed E-state index contributed by atoms with van der Waals surface area (Å²) in [6, 6.07) is 16.5. The fraction of sp³-hybridized carbons (Fsp3) is 0.375. The van der Waals surface area contributed by atoms with Crippen molar-refractivity contribution < 1.29 is 24.2 Å². The summed E-state index contributed by atoms with van der Waals surface area (Å²) in [7, 11) is 0. The van der Waals surface area contributed by atoms with Gasteiger partial charge >= 0.3 is 0 Å². The third-order valence-electron chi connectivity index (χ3n) is 5.87. The summed E-state index contributed by atoms with van der Waals surface area (Å²) in [4.78, 5) is 35.9. The van der Waals surface area contributed by atoms with Crippen LogP contribution in [0.5, 0.6) is 5.75 Å². The molecule has 174 valence electrons. The summed E-state index contributed by atoms with van der Waals surface area (Å²) in [5.41, 5.74) is 0.179. The van der Waals surface area contributed by atoms with Gasteiger partial charge in [0.25, 0.3) is 11.1 Å². The first-order valence-corrected chi connectivity index (χ1v) is 11.8. The van der Waals surface area contributed by atoms with E-state index in [9.17, 15) is 19.5 Å². The summed E-state index contributed by atoms with van der Waals surface area (Å²) in [5, 5.41) is 18.4. The largest absolute Gasteiger partial charge is 0.491 e. The Morgan fingerprint density at radius 2 is 1.94 bits per heavy atom. The monoisotopic (exact) mass is 469 g/mol. The van der Waals surface area contributed by atoms with Crippen molar-refractivity contribution in [3.63, 3.8) is 0 Å². The van der Waals surface area contributed by atoms with Gasteiger partial charge in [0.05, 0.1) is 11.3 Å². The fourth-order valence-electron chi connectivity index (χ4n) is 4.13. The molecule has 4 N–H and O–H groups in total. The molecule has 0 saturated carbocycles. The van der Waals surface area contributed by atoms with Crippen molar-refractivity contribution in [3.05, 3.63) is 65.7 Å². The first-order valence-electron chi connectivity index (χ1n) is 10.9. The Bertz CT molecular complexity index is 1020. The molecule has 0 radical (unpaired) electrons. The molecule has 8 nitrogen and oxygen atoms in total. The summed E-state index contributed by atoms with van der Waals surface area (Å²) < 4.78 is 5.78. The molecule has 2 aromatic rings. The van der Waals surface area contributed by atoms with Crippen molar-refractivity contribution in [1.82, 2.24) is 16.0 Å². The van der Waals surface area contributed by atoms with E-state index in [-0.39, 0.29) is 29.7 Å². The molecule has 4 rings (SSSR count). The summed E-state index contributed by atoms with van der Waals surface area (Å²) in [5.74, 6) is -0.431. The Morgan fingerprint density at radius 3 is 2.61 bits per heavy atom. The molecule has 0 spiro atoms. The fourth-order valence-corrected chi connectivity index (χ4v) is 4.99. The highest BCUT2D eigenvalue weighted by Gasteiger charge is 2.48. The number of amides is 3. The molecule has 9 heteroatoms. The number of carbonyl (C=O) groups excluding carboxylic acids is 3. The number of ether oxygens (including phenoxy) is 1. The summed E-state index contributed by atoms with van der Waals surface area (Å²) >= 11 is 1.00. The van der Waals surface area contributed by atoms with Gasteiger partial charge < -0.3 is 15.2 Å². The Kier molecular flexibility index (Phi) is 7.02. The molecule has 4 atom stereocenters. The van der Waals surface area contributed by atoms with Gasteiger partial charge in [0, 0.05) is 5.92 Å². The van der Waals surface area contributed by atoms with Crippen LogP contribution in [0.4, 0.5) is 4.79 Å². The maximum Gasteiger partial charge on any atom is 0.286 e. The molecule has 0 bridgehead atoms. The number of thioether (sulfide) groups is 1. The lowest BCUT2D eigenvalue weighted by Crippen LogP contribution is -2.58. The van der Waals surface area contributed by atoms with Crippen molar-refractivity contribution in [2.45, 2.75) is 42.7 Å². The number of hydrogen-bond donors (Lipinski definition) is 4. The van der Waals surface area contributed by atoms with Gasteiger partial charge in [0.2, 0.25) is 11.6 Å². The van der Waals surface area contributed by atoms with Gasteiger partial charge in [-0.2, -0.15) is 0 Å². The Hall–Kier alpha value is -2.88. The maximum absolute atomic E-state index is 12.9. The van der Waals surface area contributed by atoms with Gasteiger partial charge in [-0.1, -0.05) is 54.2 Å². The van der Waals surface area contributed by atoms with Crippen LogP contribution < -0.4 is 20.7 Å². The van der Waals surface area contributed by atoms with Gasteiger partial charge in [-0.25, -0.2) is 0 Å². The minimum atomic E-state index is -1.66. The van der Waals surface area contributed by atoms with Crippen LogP contribution in [0.2, 0.25) is 0 Å². The van der Waals surface area contributed by atoms with Crippen LogP contribution in [0.15, 0.2) is 54.6 Å². The predicted molar refractivity (Wildman–Crippen MR) is 125 cm³/mol. The standard InChI is InChI=1S/C24H27N3O5S/c1-15(26-22(29)24(31)19(11-12-25-24)17-5-3-2-4-6-17)14-32-18-9-7-16(8-10-18)13-20-21(28)27-23(30)33-20/h2-10,15,19-20,25,31H,11-14H2,1H3,(H,26,29)(H,27,28,30)/t15?,19?,20?,24-/m1/s1. The van der Waals surface area contributed by atoms with E-state index in [0.29, 0.717) is 25.1 Å². The number of aliphatic hydroxyl groups is 1. The van der Waals surface area contributed by atoms with Gasteiger partial charge in [-0.3, -0.25) is 25.0 Å². The van der Waals surface area contributed by atoms with Crippen molar-refractivity contribution in [1.29, 1.82) is 0 Å². The molecule has 2 aliphatic heterocycles. The number of nitrogens with one attached hydrogen (secondary N) is 3. The minimum Gasteiger partial charge on any atom is -0.491 e. The molecule has 2 aliphatic rings. The SMILES string of the molecule is CC(COc1ccc(CC2SC(=O)NC2=O)cc1)NC(=O)[C@@]1(O)NCCC1c1ccccc1. The van der Waals surface area contributed by atoms with E-state index in [1.54, 1.807) is 12.1 Å². The average Bonchev–Trinajstić information content (AvgIpc) is 3.35. The van der Waals surface area contributed by atoms with Crippen molar-refractivity contribution in [2.75, 3.05) is 13.2 Å². The third kappa shape index (κ3) is 5.38. The Morgan fingerprint density at radius 1 is 1.21 bits per heavy atom. The van der Waals surface area contributed by atoms with E-state index in [1.165, 1.54) is 0 Å². The minimum absolute atomic E-state index is 0.229. The van der Waals surface area contributed by atoms with Crippen molar-refractivity contribution >= 4 is 28.8 Å². The van der Waals surface area contributed by atoms with E-state index >= 15 is 0 Å². The highest BCUT2D eigenvalue weighted by Crippen LogP contribution is 2.34. The van der Waals surface area contributed by atoms with E-state index in [1.807, 2.05) is 49.4 Å². The number of hydrogen-bond acceptors (Lipinski definition) is 7. The highest BCUT2D eigenvalue weighted by molar-refractivity contribution is 8.15. The molecule has 0 aliphatic carbocycles. The second-order valence-corrected chi connectivity index (χ2v) is 9.54. The zero-order valence-electron chi connectivity index (χ0n) is 18.2. The predicted octanol–water partition coefficient (Wildman–Crippen LogP) is 1.93. The Balaban J connectivity index is 1.28. The Labute approximate surface area is 196 Å². The number of benzene rings is 2. The van der Waals surface area contributed by atoms with E-state index < -0.39 is 16.9 Å². The summed E-state index contributed by atoms with van der Waals surface area (Å²) in [6.07, 6.45) is 1.13. The number of imide groups is 1. The molecule has 2 heterocycles. The van der Waals surface area contributed by atoms with Crippen LogP contribution in [0.1, 0.15) is 30.4 Å². The maximum atomic E-state index is 12.9. The smallest absolute Gasteiger partial charge is 0.286 e. The molecular weight excluding hydrogens is 442 g/mol. The van der Waals surface area contributed by atoms with Crippen LogP contribution in [0.25, 0.3) is 0 Å². The quantitative estimate of drug-likeness (QED) is 0.467. The van der Waals surface area contributed by atoms with E-state index in [4.69, 9.17) is 4.74 Å². The second-order valence-electron chi connectivity index (χ2n) is 8.36. The van der Waals surface area contributed by atoms with Crippen LogP contribution in [-0.2, 0) is 16.0 Å². The van der Waals surface area contributed by atoms with Gasteiger partial charge in [0.1, 0.15) is 12.4 Å². The normalized spacial score (nSPS) is 25.5. The molecule has 33 heavy (non-hydrogen) atoms. The molecule has 3 amide bonds. The highest BCUT2D eigenvalue weighted by atomic mass is 32.2. The molecular formula is C24H27N3O5S. The van der Waals surface area contributed by atoms with Crippen molar-refractivity contribution in [2.24, 2.45) is 0 Å².